The number of hydrogen-bond donors (Lipinski definition) is 2. The highest BCUT2D eigenvalue weighted by Gasteiger charge is 2.45. The molecule has 9 rings (SSSR count). The Hall–Kier alpha value is -6.18. The molecule has 4 aromatic heterocycles. The zero-order valence-corrected chi connectivity index (χ0v) is 36.5. The lowest BCUT2D eigenvalue weighted by Gasteiger charge is -2.40. The first-order chi connectivity index (χ1) is 31.6. The Morgan fingerprint density at radius 2 is 1.73 bits per heavy atom. The Labute approximate surface area is 375 Å². The number of rotatable bonds is 9. The van der Waals surface area contributed by atoms with Gasteiger partial charge in [-0.2, -0.15) is 23.4 Å². The van der Waals surface area contributed by atoms with Gasteiger partial charge in [-0.3, -0.25) is 43.3 Å². The van der Waals surface area contributed by atoms with E-state index in [2.05, 4.69) is 47.5 Å². The number of imidazole rings is 1. The maximum Gasteiger partial charge on any atom is 0.405 e. The van der Waals surface area contributed by atoms with Crippen LogP contribution < -0.4 is 21.2 Å². The van der Waals surface area contributed by atoms with E-state index in [0.717, 1.165) is 58.4 Å². The van der Waals surface area contributed by atoms with E-state index in [4.69, 9.17) is 0 Å². The number of amides is 3. The summed E-state index contributed by atoms with van der Waals surface area (Å²) in [5, 5.41) is 13.3. The third-order valence-corrected chi connectivity index (χ3v) is 13.5. The average Bonchev–Trinajstić information content (AvgIpc) is 3.98. The molecule has 0 bridgehead atoms. The van der Waals surface area contributed by atoms with Gasteiger partial charge in [0.25, 0.3) is 12.3 Å². The second kappa shape index (κ2) is 18.2. The molecule has 0 radical (unpaired) electrons. The first-order valence-electron chi connectivity index (χ1n) is 22.1. The Kier molecular flexibility index (Phi) is 12.4. The molecule has 0 spiro atoms. The number of likely N-dealkylation sites (N-methyl/N-ethyl adjacent to an activating group) is 1. The molecule has 5 aromatic rings. The largest absolute Gasteiger partial charge is 0.405 e. The van der Waals surface area contributed by atoms with Crippen molar-refractivity contribution in [3.63, 3.8) is 0 Å². The van der Waals surface area contributed by atoms with Gasteiger partial charge >= 0.3 is 11.9 Å². The number of piperidine rings is 1. The van der Waals surface area contributed by atoms with Crippen LogP contribution in [0.5, 0.6) is 0 Å². The zero-order chi connectivity index (χ0) is 46.4. The van der Waals surface area contributed by atoms with E-state index in [-0.39, 0.29) is 72.8 Å². The molecule has 2 atom stereocenters. The van der Waals surface area contributed by atoms with Crippen LogP contribution in [0.4, 0.5) is 33.5 Å². The SMILES string of the molecule is CN1CCN(c2ccn3ncc(C(=O)Nc4cn(C5CCC(CN6CCN(CC#Cc7cccc8c7n(C)c(=O)n8C7CCC(=O)NC7=O)CC6)CC5)nc4C(F)F)c3n2)CC1C(F)(F)F. The highest BCUT2D eigenvalue weighted by Crippen LogP contribution is 2.36. The molecule has 17 nitrogen and oxygen atoms in total. The Morgan fingerprint density at radius 1 is 0.970 bits per heavy atom. The Balaban J connectivity index is 0.772. The average molecular weight is 920 g/mol. The fourth-order valence-corrected chi connectivity index (χ4v) is 9.77. The molecule has 4 aliphatic rings. The topological polar surface area (TPSA) is 163 Å². The van der Waals surface area contributed by atoms with Crippen molar-refractivity contribution in [3.8, 4) is 11.8 Å². The molecule has 3 amide bonds. The smallest absolute Gasteiger partial charge is 0.353 e. The fraction of sp³-hybridized carbons (Fsp3) is 0.523. The monoisotopic (exact) mass is 919 g/mol. The third-order valence-electron chi connectivity index (χ3n) is 13.5. The van der Waals surface area contributed by atoms with Crippen LogP contribution in [-0.2, 0) is 16.6 Å². The van der Waals surface area contributed by atoms with Crippen molar-refractivity contribution in [1.82, 2.24) is 53.5 Å². The van der Waals surface area contributed by atoms with Gasteiger partial charge in [-0.25, -0.2) is 23.1 Å². The maximum absolute atomic E-state index is 14.3. The molecule has 350 valence electrons. The number of imide groups is 1. The number of hydrogen-bond acceptors (Lipinski definition) is 11. The van der Waals surface area contributed by atoms with Gasteiger partial charge in [-0.15, -0.1) is 0 Å². The Morgan fingerprint density at radius 3 is 2.45 bits per heavy atom. The number of anilines is 2. The molecule has 4 fully saturated rings. The highest BCUT2D eigenvalue weighted by atomic mass is 19.4. The lowest BCUT2D eigenvalue weighted by atomic mass is 9.85. The van der Waals surface area contributed by atoms with Crippen LogP contribution in [0.25, 0.3) is 16.7 Å². The van der Waals surface area contributed by atoms with Crippen molar-refractivity contribution < 1.29 is 36.3 Å². The third kappa shape index (κ3) is 9.02. The summed E-state index contributed by atoms with van der Waals surface area (Å²) < 4.78 is 75.5. The van der Waals surface area contributed by atoms with E-state index in [0.29, 0.717) is 29.1 Å². The minimum absolute atomic E-state index is 0.0241. The van der Waals surface area contributed by atoms with Crippen LogP contribution in [0.2, 0.25) is 0 Å². The van der Waals surface area contributed by atoms with Gasteiger partial charge in [-0.05, 0) is 63.3 Å². The zero-order valence-electron chi connectivity index (χ0n) is 36.5. The number of fused-ring (bicyclic) bond motifs is 2. The summed E-state index contributed by atoms with van der Waals surface area (Å²) in [6.07, 6.45) is 0.434. The Bertz CT molecular complexity index is 2770. The number of aromatic nitrogens is 7. The summed E-state index contributed by atoms with van der Waals surface area (Å²) in [6, 6.07) is 4.40. The van der Waals surface area contributed by atoms with Crippen LogP contribution in [0.3, 0.4) is 0 Å². The number of piperazine rings is 2. The van der Waals surface area contributed by atoms with Crippen molar-refractivity contribution in [2.24, 2.45) is 13.0 Å². The summed E-state index contributed by atoms with van der Waals surface area (Å²) >= 11 is 0. The number of aryl methyl sites for hydroxylation is 1. The molecule has 1 aromatic carbocycles. The molecule has 2 unspecified atom stereocenters. The van der Waals surface area contributed by atoms with Gasteiger partial charge in [0, 0.05) is 78.2 Å². The van der Waals surface area contributed by atoms with Crippen LogP contribution in [0, 0.1) is 17.8 Å². The number of para-hydroxylation sites is 1. The van der Waals surface area contributed by atoms with Crippen molar-refractivity contribution in [2.75, 3.05) is 76.2 Å². The molecule has 1 aliphatic carbocycles. The maximum atomic E-state index is 14.3. The molecule has 2 N–H and O–H groups in total. The van der Waals surface area contributed by atoms with Gasteiger partial charge in [0.2, 0.25) is 11.8 Å². The first-order valence-corrected chi connectivity index (χ1v) is 22.1. The molecule has 3 saturated heterocycles. The van der Waals surface area contributed by atoms with Crippen LogP contribution in [0.15, 0.2) is 47.7 Å². The second-order valence-corrected chi connectivity index (χ2v) is 17.7. The van der Waals surface area contributed by atoms with Crippen molar-refractivity contribution in [3.05, 3.63) is 70.2 Å². The summed E-state index contributed by atoms with van der Waals surface area (Å²) in [4.78, 5) is 63.1. The molecule has 3 aliphatic heterocycles. The molecule has 66 heavy (non-hydrogen) atoms. The second-order valence-electron chi connectivity index (χ2n) is 17.7. The molecular formula is C44H50F5N13O4. The fourth-order valence-electron chi connectivity index (χ4n) is 9.77. The van der Waals surface area contributed by atoms with Crippen molar-refractivity contribution in [1.29, 1.82) is 0 Å². The quantitative estimate of drug-likeness (QED) is 0.126. The first kappa shape index (κ1) is 45.0. The van der Waals surface area contributed by atoms with E-state index < -0.39 is 42.2 Å². The van der Waals surface area contributed by atoms with Crippen molar-refractivity contribution >= 4 is 45.9 Å². The normalized spacial score (nSPS) is 22.8. The summed E-state index contributed by atoms with van der Waals surface area (Å²) in [5.41, 5.74) is 0.945. The number of carbonyl (C=O) groups excluding carboxylic acids is 3. The lowest BCUT2D eigenvalue weighted by molar-refractivity contribution is -0.180. The van der Waals surface area contributed by atoms with Crippen LogP contribution in [-0.4, -0.2) is 144 Å². The number of halogens is 5. The van der Waals surface area contributed by atoms with Crippen molar-refractivity contribution in [2.45, 2.75) is 69.3 Å². The number of carbonyl (C=O) groups is 3. The molecule has 22 heteroatoms. The predicted molar refractivity (Wildman–Crippen MR) is 232 cm³/mol. The van der Waals surface area contributed by atoms with Gasteiger partial charge < -0.3 is 15.1 Å². The molecule has 7 heterocycles. The van der Waals surface area contributed by atoms with Gasteiger partial charge in [0.15, 0.2) is 11.3 Å². The van der Waals surface area contributed by atoms with E-state index in [1.165, 1.54) is 59.8 Å². The van der Waals surface area contributed by atoms with E-state index in [9.17, 15) is 41.1 Å². The molecular weight excluding hydrogens is 870 g/mol. The van der Waals surface area contributed by atoms with Crippen LogP contribution in [0.1, 0.15) is 78.6 Å². The summed E-state index contributed by atoms with van der Waals surface area (Å²) in [7, 11) is 3.08. The van der Waals surface area contributed by atoms with Gasteiger partial charge in [-0.1, -0.05) is 17.9 Å². The summed E-state index contributed by atoms with van der Waals surface area (Å²) in [5.74, 6) is 5.61. The van der Waals surface area contributed by atoms with Crippen LogP contribution >= 0.6 is 0 Å². The van der Waals surface area contributed by atoms with E-state index in [1.54, 1.807) is 13.1 Å². The summed E-state index contributed by atoms with van der Waals surface area (Å²) in [6.45, 7) is 4.99. The van der Waals surface area contributed by atoms with E-state index in [1.807, 2.05) is 12.1 Å². The number of alkyl halides is 5. The minimum Gasteiger partial charge on any atom is -0.353 e. The van der Waals surface area contributed by atoms with E-state index >= 15 is 0 Å². The number of benzene rings is 1. The highest BCUT2D eigenvalue weighted by molar-refractivity contribution is 6.08. The number of nitrogens with one attached hydrogen (secondary N) is 2. The lowest BCUT2D eigenvalue weighted by Crippen LogP contribution is -2.57. The molecule has 1 saturated carbocycles. The van der Waals surface area contributed by atoms with Gasteiger partial charge in [0.1, 0.15) is 23.5 Å². The minimum atomic E-state index is -4.44. The number of nitrogens with zero attached hydrogens (tertiary/aromatic N) is 11. The predicted octanol–water partition coefficient (Wildman–Crippen LogP) is 3.83. The standard InChI is InChI=1S/C44H50F5N13O4/c1-55-17-22-59(26-34(55)44(47,48)49)35-14-16-60-40(52-35)30(23-50-60)41(64)51-31-25-61(54-37(31)39(45)46)29-10-8-27(9-11-29)24-58-20-18-57(19-21-58)15-4-6-28-5-3-7-32-38(28)56(2)43(66)62(32)33-12-13-36(63)53-42(33)65/h3,5,7,14,16,23,25,27,29,33-34,39H,8-13,15,17-22,24,26H2,1-2H3,(H,51,64)(H,53,63,65). The van der Waals surface area contributed by atoms with Gasteiger partial charge in [0.05, 0.1) is 41.1 Å².